The number of rotatable bonds is 3. The number of H-pyrrole nitrogens is 2. The first kappa shape index (κ1) is 18.3. The van der Waals surface area contributed by atoms with Crippen molar-refractivity contribution in [3.05, 3.63) is 84.8 Å². The highest BCUT2D eigenvalue weighted by atomic mass is 19.1. The average molecular weight is 424 g/mol. The Balaban J connectivity index is 1.54. The molecule has 0 saturated carbocycles. The van der Waals surface area contributed by atoms with Gasteiger partial charge in [-0.05, 0) is 47.5 Å². The second-order valence-corrected chi connectivity index (χ2v) is 7.35. The van der Waals surface area contributed by atoms with E-state index in [1.807, 2.05) is 18.2 Å². The van der Waals surface area contributed by atoms with Crippen LogP contribution < -0.4 is 0 Å². The van der Waals surface area contributed by atoms with Crippen LogP contribution in [0, 0.1) is 11.6 Å². The highest BCUT2D eigenvalue weighted by Crippen LogP contribution is 2.33. The third kappa shape index (κ3) is 2.92. The summed E-state index contributed by atoms with van der Waals surface area (Å²) < 4.78 is 28.6. The molecule has 32 heavy (non-hydrogen) atoms. The van der Waals surface area contributed by atoms with Gasteiger partial charge in [0.2, 0.25) is 0 Å². The number of imidazole rings is 1. The molecule has 0 amide bonds. The minimum Gasteiger partial charge on any atom is -0.335 e. The molecule has 0 aliphatic rings. The summed E-state index contributed by atoms with van der Waals surface area (Å²) in [5, 5.41) is 7.62. The molecule has 4 heterocycles. The van der Waals surface area contributed by atoms with Crippen LogP contribution >= 0.6 is 0 Å². The van der Waals surface area contributed by atoms with Crippen LogP contribution in [0.15, 0.2) is 73.2 Å². The van der Waals surface area contributed by atoms with Crippen LogP contribution in [0.2, 0.25) is 0 Å². The van der Waals surface area contributed by atoms with E-state index < -0.39 is 5.82 Å². The zero-order valence-electron chi connectivity index (χ0n) is 16.5. The molecule has 0 radical (unpaired) electrons. The smallest absolute Gasteiger partial charge is 0.178 e. The first-order valence-electron chi connectivity index (χ1n) is 9.86. The maximum absolute atomic E-state index is 14.8. The number of hydrogen-bond donors (Lipinski definition) is 2. The molecule has 0 aliphatic heterocycles. The fraction of sp³-hybridized carbons (Fsp3) is 0. The summed E-state index contributed by atoms with van der Waals surface area (Å²) in [5.74, 6) is -0.315. The largest absolute Gasteiger partial charge is 0.335 e. The van der Waals surface area contributed by atoms with Crippen molar-refractivity contribution in [2.24, 2.45) is 0 Å². The number of aromatic amines is 2. The first-order chi connectivity index (χ1) is 15.7. The number of nitrogens with zero attached hydrogens (tertiary/aromatic N) is 4. The van der Waals surface area contributed by atoms with E-state index in [2.05, 4.69) is 30.1 Å². The molecule has 0 unspecified atom stereocenters. The van der Waals surface area contributed by atoms with Crippen LogP contribution in [0.1, 0.15) is 0 Å². The lowest BCUT2D eigenvalue weighted by Gasteiger charge is -2.03. The Hall–Kier alpha value is -4.46. The third-order valence-corrected chi connectivity index (χ3v) is 5.37. The number of hydrogen-bond acceptors (Lipinski definition) is 4. The SMILES string of the molecule is Fc1cccc(-c2ccnc3nc(-c4[nH]nc5c(F)cc(-c6cccnc6)cc45)[nH]c23)c1. The average Bonchev–Trinajstić information content (AvgIpc) is 3.44. The minimum atomic E-state index is -0.446. The molecule has 6 rings (SSSR count). The van der Waals surface area contributed by atoms with Crippen molar-refractivity contribution in [3.8, 4) is 33.8 Å². The quantitative estimate of drug-likeness (QED) is 0.393. The van der Waals surface area contributed by atoms with Crippen molar-refractivity contribution >= 4 is 22.1 Å². The Morgan fingerprint density at radius 1 is 0.844 bits per heavy atom. The molecule has 0 bridgehead atoms. The van der Waals surface area contributed by atoms with E-state index in [4.69, 9.17) is 0 Å². The molecule has 154 valence electrons. The maximum Gasteiger partial charge on any atom is 0.178 e. The summed E-state index contributed by atoms with van der Waals surface area (Å²) in [7, 11) is 0. The number of nitrogens with one attached hydrogen (secondary N) is 2. The van der Waals surface area contributed by atoms with E-state index >= 15 is 0 Å². The summed E-state index contributed by atoms with van der Waals surface area (Å²) >= 11 is 0. The molecule has 2 N–H and O–H groups in total. The molecule has 0 fully saturated rings. The monoisotopic (exact) mass is 424 g/mol. The van der Waals surface area contributed by atoms with Crippen LogP contribution in [0.3, 0.4) is 0 Å². The highest BCUT2D eigenvalue weighted by molar-refractivity contribution is 5.97. The minimum absolute atomic E-state index is 0.214. The number of benzene rings is 2. The van der Waals surface area contributed by atoms with Crippen molar-refractivity contribution in [1.82, 2.24) is 30.1 Å². The van der Waals surface area contributed by atoms with Gasteiger partial charge in [0.15, 0.2) is 17.3 Å². The van der Waals surface area contributed by atoms with E-state index in [1.54, 1.807) is 36.8 Å². The zero-order chi connectivity index (χ0) is 21.7. The summed E-state index contributed by atoms with van der Waals surface area (Å²) in [4.78, 5) is 16.3. The number of fused-ring (bicyclic) bond motifs is 2. The highest BCUT2D eigenvalue weighted by Gasteiger charge is 2.18. The van der Waals surface area contributed by atoms with Gasteiger partial charge in [0.1, 0.15) is 17.0 Å². The summed E-state index contributed by atoms with van der Waals surface area (Å²) in [6.07, 6.45) is 4.97. The van der Waals surface area contributed by atoms with Gasteiger partial charge in [-0.2, -0.15) is 5.10 Å². The molecule has 2 aromatic carbocycles. The molecular weight excluding hydrogens is 410 g/mol. The molecule has 0 spiro atoms. The van der Waals surface area contributed by atoms with E-state index in [1.165, 1.54) is 18.2 Å². The van der Waals surface area contributed by atoms with Crippen LogP contribution in [0.4, 0.5) is 8.78 Å². The zero-order valence-corrected chi connectivity index (χ0v) is 16.5. The Labute approximate surface area is 180 Å². The van der Waals surface area contributed by atoms with Gasteiger partial charge in [0, 0.05) is 35.1 Å². The number of aromatic nitrogens is 6. The van der Waals surface area contributed by atoms with Crippen LogP contribution in [0.5, 0.6) is 0 Å². The molecule has 0 saturated heterocycles. The van der Waals surface area contributed by atoms with Crippen molar-refractivity contribution in [2.45, 2.75) is 0 Å². The predicted molar refractivity (Wildman–Crippen MR) is 118 cm³/mol. The standard InChI is InChI=1S/C24H14F2N6/c25-16-5-1-3-13(9-16)17-6-8-28-23-21(17)29-24(30-23)22-18-10-15(14-4-2-7-27-12-14)11-19(26)20(18)31-32-22/h1-12H,(H,31,32)(H,28,29,30). The van der Waals surface area contributed by atoms with Gasteiger partial charge in [-0.15, -0.1) is 0 Å². The van der Waals surface area contributed by atoms with E-state index in [0.717, 1.165) is 11.1 Å². The first-order valence-corrected chi connectivity index (χ1v) is 9.86. The van der Waals surface area contributed by atoms with Crippen LogP contribution in [-0.4, -0.2) is 30.1 Å². The van der Waals surface area contributed by atoms with E-state index in [-0.39, 0.29) is 11.3 Å². The van der Waals surface area contributed by atoms with Crippen LogP contribution in [0.25, 0.3) is 55.8 Å². The van der Waals surface area contributed by atoms with Gasteiger partial charge >= 0.3 is 0 Å². The Morgan fingerprint density at radius 2 is 1.75 bits per heavy atom. The third-order valence-electron chi connectivity index (χ3n) is 5.37. The number of halogens is 2. The Bertz CT molecular complexity index is 1600. The van der Waals surface area contributed by atoms with Crippen molar-refractivity contribution < 1.29 is 8.78 Å². The fourth-order valence-electron chi connectivity index (χ4n) is 3.88. The molecule has 4 aromatic heterocycles. The molecule has 8 heteroatoms. The van der Waals surface area contributed by atoms with Crippen molar-refractivity contribution in [2.75, 3.05) is 0 Å². The molecule has 6 aromatic rings. The van der Waals surface area contributed by atoms with Crippen LogP contribution in [-0.2, 0) is 0 Å². The second-order valence-electron chi connectivity index (χ2n) is 7.35. The van der Waals surface area contributed by atoms with Crippen molar-refractivity contribution in [1.29, 1.82) is 0 Å². The topological polar surface area (TPSA) is 83.1 Å². The molecule has 0 atom stereocenters. The fourth-order valence-corrected chi connectivity index (χ4v) is 3.88. The summed E-state index contributed by atoms with van der Waals surface area (Å²) in [6.45, 7) is 0. The number of pyridine rings is 2. The van der Waals surface area contributed by atoms with Gasteiger partial charge in [0.05, 0.1) is 5.52 Å². The normalized spacial score (nSPS) is 11.4. The van der Waals surface area contributed by atoms with Gasteiger partial charge < -0.3 is 4.98 Å². The van der Waals surface area contributed by atoms with Gasteiger partial charge in [-0.25, -0.2) is 18.7 Å². The van der Waals surface area contributed by atoms with Gasteiger partial charge in [-0.1, -0.05) is 18.2 Å². The predicted octanol–water partition coefficient (Wildman–Crippen LogP) is 5.51. The molecule has 6 nitrogen and oxygen atoms in total. The lowest BCUT2D eigenvalue weighted by atomic mass is 10.0. The molecule has 0 aliphatic carbocycles. The lowest BCUT2D eigenvalue weighted by molar-refractivity contribution is 0.628. The van der Waals surface area contributed by atoms with Crippen molar-refractivity contribution in [3.63, 3.8) is 0 Å². The Kier molecular flexibility index (Phi) is 4.04. The summed E-state index contributed by atoms with van der Waals surface area (Å²) in [5.41, 5.74) is 4.80. The molecular formula is C24H14F2N6. The summed E-state index contributed by atoms with van der Waals surface area (Å²) in [6, 6.07) is 15.1. The second kappa shape index (κ2) is 7.05. The van der Waals surface area contributed by atoms with E-state index in [0.29, 0.717) is 39.2 Å². The Morgan fingerprint density at radius 3 is 2.59 bits per heavy atom. The van der Waals surface area contributed by atoms with E-state index in [9.17, 15) is 8.78 Å². The lowest BCUT2D eigenvalue weighted by Crippen LogP contribution is -1.85. The van der Waals surface area contributed by atoms with Gasteiger partial charge in [0.25, 0.3) is 0 Å². The maximum atomic E-state index is 14.8. The van der Waals surface area contributed by atoms with Gasteiger partial charge in [-0.3, -0.25) is 10.1 Å².